The van der Waals surface area contributed by atoms with Crippen LogP contribution in [0.2, 0.25) is 0 Å². The molecule has 0 saturated carbocycles. The van der Waals surface area contributed by atoms with Crippen molar-refractivity contribution in [2.75, 3.05) is 19.8 Å². The largest absolute Gasteiger partial charge is 0.494 e. The molecule has 1 amide bonds. The Hall–Kier alpha value is -5.90. The monoisotopic (exact) mass is 824 g/mol. The summed E-state index contributed by atoms with van der Waals surface area (Å²) in [4.78, 5) is 20.0. The van der Waals surface area contributed by atoms with Crippen LogP contribution in [0.5, 0.6) is 17.2 Å². The SMILES string of the molecule is O=C(NCCc1ccc(OCc2ccccc2)c(OCc2ccccc2)c1)[C@]1(Cc2ccccc2)N=C(c2ccc(OCCCO)cc2)O[C@@H]1c1ccccc1Br. The minimum absolute atomic E-state index is 0.0609. The zero-order valence-electron chi connectivity index (χ0n) is 31.6. The Balaban J connectivity index is 1.15. The molecule has 1 aliphatic rings. The summed E-state index contributed by atoms with van der Waals surface area (Å²) in [5.41, 5.74) is 4.25. The van der Waals surface area contributed by atoms with Crippen LogP contribution in [0.3, 0.4) is 0 Å². The van der Waals surface area contributed by atoms with Crippen LogP contribution in [-0.4, -0.2) is 42.2 Å². The van der Waals surface area contributed by atoms with E-state index < -0.39 is 11.6 Å². The first-order chi connectivity index (χ1) is 28.0. The summed E-state index contributed by atoms with van der Waals surface area (Å²) in [6.45, 7) is 1.62. The smallest absolute Gasteiger partial charge is 0.252 e. The number of benzene rings is 6. The molecule has 0 aromatic heterocycles. The third-order valence-electron chi connectivity index (χ3n) is 9.72. The van der Waals surface area contributed by atoms with Gasteiger partial charge in [-0.15, -0.1) is 0 Å². The van der Waals surface area contributed by atoms with Crippen LogP contribution >= 0.6 is 15.9 Å². The summed E-state index contributed by atoms with van der Waals surface area (Å²) >= 11 is 3.74. The second kappa shape index (κ2) is 19.3. The molecule has 0 aliphatic carbocycles. The molecular formula is C48H45BrN2O6. The highest BCUT2D eigenvalue weighted by atomic mass is 79.9. The minimum atomic E-state index is -1.34. The van der Waals surface area contributed by atoms with Crippen LogP contribution in [0, 0.1) is 0 Å². The molecule has 0 saturated heterocycles. The third kappa shape index (κ3) is 10.1. The van der Waals surface area contributed by atoms with Gasteiger partial charge in [-0.3, -0.25) is 4.79 Å². The number of aliphatic hydroxyl groups excluding tert-OH is 1. The van der Waals surface area contributed by atoms with Gasteiger partial charge in [0.2, 0.25) is 5.90 Å². The highest BCUT2D eigenvalue weighted by Gasteiger charge is 2.53. The second-order valence-corrected chi connectivity index (χ2v) is 14.7. The highest BCUT2D eigenvalue weighted by Crippen LogP contribution is 2.44. The fraction of sp³-hybridized carbons (Fsp3) is 0.208. The molecule has 9 heteroatoms. The molecule has 0 spiro atoms. The number of aliphatic hydroxyl groups is 1. The van der Waals surface area contributed by atoms with Gasteiger partial charge in [0.1, 0.15) is 19.0 Å². The minimum Gasteiger partial charge on any atom is -0.494 e. The van der Waals surface area contributed by atoms with Crippen molar-refractivity contribution in [3.63, 3.8) is 0 Å². The van der Waals surface area contributed by atoms with Crippen molar-refractivity contribution in [2.45, 2.75) is 44.1 Å². The number of nitrogens with one attached hydrogen (secondary N) is 1. The van der Waals surface area contributed by atoms with Crippen LogP contribution in [0.15, 0.2) is 167 Å². The second-order valence-electron chi connectivity index (χ2n) is 13.8. The summed E-state index contributed by atoms with van der Waals surface area (Å²) in [5.74, 6) is 2.09. The van der Waals surface area contributed by atoms with Gasteiger partial charge >= 0.3 is 0 Å². The topological polar surface area (TPSA) is 98.6 Å². The Labute approximate surface area is 342 Å². The lowest BCUT2D eigenvalue weighted by molar-refractivity contribution is -0.128. The number of rotatable bonds is 18. The summed E-state index contributed by atoms with van der Waals surface area (Å²) < 4.78 is 25.9. The maximum absolute atomic E-state index is 14.8. The molecule has 57 heavy (non-hydrogen) atoms. The maximum Gasteiger partial charge on any atom is 0.252 e. The number of hydrogen-bond donors (Lipinski definition) is 2. The van der Waals surface area contributed by atoms with Gasteiger partial charge in [-0.05, 0) is 71.1 Å². The van der Waals surface area contributed by atoms with Crippen molar-refractivity contribution in [3.8, 4) is 17.2 Å². The van der Waals surface area contributed by atoms with Gasteiger partial charge in [-0.2, -0.15) is 0 Å². The molecule has 6 aromatic carbocycles. The van der Waals surface area contributed by atoms with E-state index in [1.807, 2.05) is 158 Å². The number of aliphatic imine (C=N–C) groups is 1. The molecular weight excluding hydrogens is 780 g/mol. The molecule has 2 N–H and O–H groups in total. The van der Waals surface area contributed by atoms with E-state index in [2.05, 4.69) is 21.2 Å². The van der Waals surface area contributed by atoms with Crippen LogP contribution in [0.1, 0.15) is 45.9 Å². The average molecular weight is 826 g/mol. The predicted molar refractivity (Wildman–Crippen MR) is 226 cm³/mol. The Morgan fingerprint density at radius 1 is 0.702 bits per heavy atom. The van der Waals surface area contributed by atoms with E-state index in [1.54, 1.807) is 0 Å². The first kappa shape index (κ1) is 39.3. The fourth-order valence-electron chi connectivity index (χ4n) is 6.74. The Morgan fingerprint density at radius 3 is 1.96 bits per heavy atom. The molecule has 290 valence electrons. The van der Waals surface area contributed by atoms with Crippen molar-refractivity contribution in [1.29, 1.82) is 0 Å². The molecule has 1 heterocycles. The molecule has 0 fully saturated rings. The molecule has 2 atom stereocenters. The quantitative estimate of drug-likeness (QED) is 0.0840. The Kier molecular flexibility index (Phi) is 13.3. The Bertz CT molecular complexity index is 2240. The number of hydrogen-bond acceptors (Lipinski definition) is 7. The van der Waals surface area contributed by atoms with E-state index in [1.165, 1.54) is 0 Å². The van der Waals surface area contributed by atoms with E-state index in [4.69, 9.17) is 29.0 Å². The van der Waals surface area contributed by atoms with Gasteiger partial charge in [0, 0.05) is 41.6 Å². The summed E-state index contributed by atoms with van der Waals surface area (Å²) in [5, 5.41) is 12.4. The number of ether oxygens (including phenoxy) is 4. The lowest BCUT2D eigenvalue weighted by Crippen LogP contribution is -2.50. The number of carbonyl (C=O) groups excluding carboxylic acids is 1. The third-order valence-corrected chi connectivity index (χ3v) is 10.4. The van der Waals surface area contributed by atoms with Crippen molar-refractivity contribution in [3.05, 3.63) is 196 Å². The number of nitrogens with zero attached hydrogens (tertiary/aromatic N) is 1. The first-order valence-electron chi connectivity index (χ1n) is 19.1. The van der Waals surface area contributed by atoms with Gasteiger partial charge in [-0.1, -0.05) is 131 Å². The van der Waals surface area contributed by atoms with Gasteiger partial charge in [0.05, 0.1) is 6.61 Å². The van der Waals surface area contributed by atoms with E-state index >= 15 is 0 Å². The van der Waals surface area contributed by atoms with Gasteiger partial charge in [-0.25, -0.2) is 4.99 Å². The Morgan fingerprint density at radius 2 is 1.32 bits per heavy atom. The van der Waals surface area contributed by atoms with Crippen LogP contribution < -0.4 is 19.5 Å². The summed E-state index contributed by atoms with van der Waals surface area (Å²) in [7, 11) is 0. The molecule has 8 nitrogen and oxygen atoms in total. The molecule has 6 aromatic rings. The normalized spacial score (nSPS) is 16.0. The highest BCUT2D eigenvalue weighted by molar-refractivity contribution is 9.10. The van der Waals surface area contributed by atoms with Crippen molar-refractivity contribution in [1.82, 2.24) is 5.32 Å². The van der Waals surface area contributed by atoms with Gasteiger partial charge < -0.3 is 29.4 Å². The van der Waals surface area contributed by atoms with E-state index in [9.17, 15) is 4.79 Å². The van der Waals surface area contributed by atoms with E-state index in [0.717, 1.165) is 37.9 Å². The first-order valence-corrected chi connectivity index (χ1v) is 19.9. The lowest BCUT2D eigenvalue weighted by Gasteiger charge is -2.31. The summed E-state index contributed by atoms with van der Waals surface area (Å²) in [6, 6.07) is 51.2. The summed E-state index contributed by atoms with van der Waals surface area (Å²) in [6.07, 6.45) is 0.660. The van der Waals surface area contributed by atoms with Crippen molar-refractivity contribution >= 4 is 27.7 Å². The van der Waals surface area contributed by atoms with Gasteiger partial charge in [0.15, 0.2) is 23.1 Å². The standard InChI is InChI=1S/C48H45BrN2O6/c49-42-20-11-10-19-41(42)45-48(32-36-13-4-1-5-14-36,51-46(57-45)39-22-24-40(25-23-39)54-30-12-29-52)47(53)50-28-27-35-21-26-43(55-33-37-15-6-2-7-16-37)44(31-35)56-34-38-17-8-3-9-18-38/h1-11,13-26,31,45,52H,12,27-30,32-34H2,(H,50,53)/t45-,48-/m1/s1. The van der Waals surface area contributed by atoms with Gasteiger partial charge in [0.25, 0.3) is 5.91 Å². The van der Waals surface area contributed by atoms with Crippen molar-refractivity contribution in [2.24, 2.45) is 4.99 Å². The van der Waals surface area contributed by atoms with Crippen LogP contribution in [0.4, 0.5) is 0 Å². The molecule has 0 unspecified atom stereocenters. The zero-order valence-corrected chi connectivity index (χ0v) is 33.1. The lowest BCUT2D eigenvalue weighted by atomic mass is 9.82. The van der Waals surface area contributed by atoms with E-state index in [0.29, 0.717) is 68.8 Å². The van der Waals surface area contributed by atoms with Crippen LogP contribution in [-0.2, 0) is 35.6 Å². The van der Waals surface area contributed by atoms with Crippen LogP contribution in [0.25, 0.3) is 0 Å². The number of amides is 1. The van der Waals surface area contributed by atoms with E-state index in [-0.39, 0.29) is 12.5 Å². The molecule has 0 radical (unpaired) electrons. The molecule has 7 rings (SSSR count). The fourth-order valence-corrected chi connectivity index (χ4v) is 7.23. The molecule has 1 aliphatic heterocycles. The maximum atomic E-state index is 14.8. The van der Waals surface area contributed by atoms with Crippen molar-refractivity contribution < 1.29 is 28.8 Å². The zero-order chi connectivity index (χ0) is 39.3. The number of carbonyl (C=O) groups is 1. The molecule has 0 bridgehead atoms. The average Bonchev–Trinajstić information content (AvgIpc) is 3.64. The number of halogens is 1. The predicted octanol–water partition coefficient (Wildman–Crippen LogP) is 9.23.